The second kappa shape index (κ2) is 6.57. The Hall–Kier alpha value is -1.46. The third kappa shape index (κ3) is 3.56. The van der Waals surface area contributed by atoms with E-state index in [9.17, 15) is 4.79 Å². The molecule has 0 aliphatic carbocycles. The molecule has 5 heteroatoms. The summed E-state index contributed by atoms with van der Waals surface area (Å²) in [5.41, 5.74) is 1.40. The molecule has 0 radical (unpaired) electrons. The first-order chi connectivity index (χ1) is 11.0. The van der Waals surface area contributed by atoms with Gasteiger partial charge in [-0.1, -0.05) is 6.07 Å². The van der Waals surface area contributed by atoms with Crippen molar-refractivity contribution in [3.63, 3.8) is 0 Å². The Kier molecular flexibility index (Phi) is 4.69. The van der Waals surface area contributed by atoms with Crippen LogP contribution >= 0.6 is 0 Å². The van der Waals surface area contributed by atoms with E-state index in [-0.39, 0.29) is 11.5 Å². The highest BCUT2D eigenvalue weighted by Gasteiger charge is 2.41. The van der Waals surface area contributed by atoms with Gasteiger partial charge in [0, 0.05) is 31.4 Å². The fraction of sp³-hybridized carbons (Fsp3) is 0.667. The van der Waals surface area contributed by atoms with Gasteiger partial charge in [0.1, 0.15) is 5.69 Å². The molecule has 2 aliphatic rings. The van der Waals surface area contributed by atoms with E-state index in [1.165, 1.54) is 0 Å². The molecule has 2 fully saturated rings. The molecule has 3 rings (SSSR count). The van der Waals surface area contributed by atoms with Crippen molar-refractivity contribution in [2.75, 3.05) is 33.8 Å². The summed E-state index contributed by atoms with van der Waals surface area (Å²) in [6.07, 6.45) is 4.03. The predicted octanol–water partition coefficient (Wildman–Crippen LogP) is 2.11. The summed E-state index contributed by atoms with van der Waals surface area (Å²) >= 11 is 0. The summed E-state index contributed by atoms with van der Waals surface area (Å²) in [5.74, 6) is 0.0449. The molecule has 0 aromatic carbocycles. The zero-order chi connectivity index (χ0) is 16.4. The topological polar surface area (TPSA) is 45.7 Å². The van der Waals surface area contributed by atoms with Crippen molar-refractivity contribution in [1.29, 1.82) is 0 Å². The van der Waals surface area contributed by atoms with Crippen LogP contribution in [0.25, 0.3) is 0 Å². The molecule has 1 atom stereocenters. The summed E-state index contributed by atoms with van der Waals surface area (Å²) in [6.45, 7) is 4.26. The predicted molar refractivity (Wildman–Crippen MR) is 89.5 cm³/mol. The number of hydrogen-bond donors (Lipinski definition) is 0. The summed E-state index contributed by atoms with van der Waals surface area (Å²) in [5, 5.41) is 0. The maximum atomic E-state index is 12.6. The van der Waals surface area contributed by atoms with Crippen LogP contribution in [0.1, 0.15) is 41.9 Å². The lowest BCUT2D eigenvalue weighted by atomic mass is 9.82. The third-order valence-electron chi connectivity index (χ3n) is 5.27. The standard InChI is InChI=1S/C18H27N3O2/c1-14-5-4-6-16(19-14)17(22)21-10-8-18(9-11-21)13-15(20(2)3)7-12-23-18/h4-6,15H,7-13H2,1-3H3/t15-/m1/s1. The van der Waals surface area contributed by atoms with Gasteiger partial charge in [0.25, 0.3) is 5.91 Å². The van der Waals surface area contributed by atoms with Gasteiger partial charge in [-0.2, -0.15) is 0 Å². The minimum Gasteiger partial charge on any atom is -0.375 e. The molecule has 1 spiro atoms. The van der Waals surface area contributed by atoms with Crippen molar-refractivity contribution in [2.45, 2.75) is 44.2 Å². The maximum Gasteiger partial charge on any atom is 0.272 e. The van der Waals surface area contributed by atoms with Crippen molar-refractivity contribution in [1.82, 2.24) is 14.8 Å². The van der Waals surface area contributed by atoms with Gasteiger partial charge in [0.2, 0.25) is 0 Å². The molecule has 2 aliphatic heterocycles. The molecule has 0 unspecified atom stereocenters. The minimum atomic E-state index is -0.0377. The van der Waals surface area contributed by atoms with Gasteiger partial charge in [-0.05, 0) is 58.8 Å². The Morgan fingerprint density at radius 3 is 2.74 bits per heavy atom. The number of pyridine rings is 1. The molecular weight excluding hydrogens is 290 g/mol. The number of piperidine rings is 1. The van der Waals surface area contributed by atoms with E-state index >= 15 is 0 Å². The first-order valence-electron chi connectivity index (χ1n) is 8.52. The summed E-state index contributed by atoms with van der Waals surface area (Å²) in [7, 11) is 4.29. The van der Waals surface area contributed by atoms with Gasteiger partial charge in [-0.15, -0.1) is 0 Å². The molecule has 1 aromatic rings. The van der Waals surface area contributed by atoms with Crippen LogP contribution in [0.3, 0.4) is 0 Å². The van der Waals surface area contributed by atoms with E-state index in [4.69, 9.17) is 4.74 Å². The van der Waals surface area contributed by atoms with Crippen molar-refractivity contribution in [3.05, 3.63) is 29.6 Å². The molecule has 126 valence electrons. The van der Waals surface area contributed by atoms with Crippen molar-refractivity contribution < 1.29 is 9.53 Å². The Balaban J connectivity index is 1.63. The van der Waals surface area contributed by atoms with Gasteiger partial charge in [-0.25, -0.2) is 4.98 Å². The molecule has 5 nitrogen and oxygen atoms in total. The fourth-order valence-electron chi connectivity index (χ4n) is 3.73. The Morgan fingerprint density at radius 1 is 1.35 bits per heavy atom. The molecule has 0 N–H and O–H groups in total. The first-order valence-corrected chi connectivity index (χ1v) is 8.52. The maximum absolute atomic E-state index is 12.6. The molecular formula is C18H27N3O2. The fourth-order valence-corrected chi connectivity index (χ4v) is 3.73. The highest BCUT2D eigenvalue weighted by molar-refractivity contribution is 5.92. The highest BCUT2D eigenvalue weighted by Crippen LogP contribution is 2.36. The Labute approximate surface area is 138 Å². The van der Waals surface area contributed by atoms with E-state index < -0.39 is 0 Å². The van der Waals surface area contributed by atoms with E-state index in [1.807, 2.05) is 24.0 Å². The number of likely N-dealkylation sites (tertiary alicyclic amines) is 1. The van der Waals surface area contributed by atoms with E-state index in [2.05, 4.69) is 24.0 Å². The lowest BCUT2D eigenvalue weighted by molar-refractivity contribution is -0.125. The lowest BCUT2D eigenvalue weighted by Gasteiger charge is -2.47. The zero-order valence-corrected chi connectivity index (χ0v) is 14.4. The monoisotopic (exact) mass is 317 g/mol. The number of amides is 1. The number of carbonyl (C=O) groups is 1. The highest BCUT2D eigenvalue weighted by atomic mass is 16.5. The second-order valence-corrected chi connectivity index (χ2v) is 7.10. The van der Waals surface area contributed by atoms with Gasteiger partial charge in [0.15, 0.2) is 0 Å². The summed E-state index contributed by atoms with van der Waals surface area (Å²) < 4.78 is 6.16. The number of hydrogen-bond acceptors (Lipinski definition) is 4. The number of ether oxygens (including phenoxy) is 1. The number of aryl methyl sites for hydroxylation is 1. The van der Waals surface area contributed by atoms with E-state index in [0.29, 0.717) is 11.7 Å². The third-order valence-corrected chi connectivity index (χ3v) is 5.27. The van der Waals surface area contributed by atoms with Crippen LogP contribution in [0.2, 0.25) is 0 Å². The van der Waals surface area contributed by atoms with Gasteiger partial charge < -0.3 is 14.5 Å². The van der Waals surface area contributed by atoms with E-state index in [0.717, 1.165) is 51.1 Å². The average molecular weight is 317 g/mol. The summed E-state index contributed by atoms with van der Waals surface area (Å²) in [6, 6.07) is 6.20. The quantitative estimate of drug-likeness (QED) is 0.838. The van der Waals surface area contributed by atoms with Crippen LogP contribution in [0.5, 0.6) is 0 Å². The largest absolute Gasteiger partial charge is 0.375 e. The molecule has 1 amide bonds. The van der Waals surface area contributed by atoms with Crippen molar-refractivity contribution in [3.8, 4) is 0 Å². The zero-order valence-electron chi connectivity index (χ0n) is 14.4. The van der Waals surface area contributed by atoms with Crippen molar-refractivity contribution in [2.24, 2.45) is 0 Å². The van der Waals surface area contributed by atoms with Crippen LogP contribution < -0.4 is 0 Å². The second-order valence-electron chi connectivity index (χ2n) is 7.10. The van der Waals surface area contributed by atoms with Crippen LogP contribution in [0.15, 0.2) is 18.2 Å². The van der Waals surface area contributed by atoms with Crippen LogP contribution in [-0.4, -0.2) is 66.1 Å². The number of carbonyl (C=O) groups excluding carboxylic acids is 1. The van der Waals surface area contributed by atoms with Crippen LogP contribution in [0.4, 0.5) is 0 Å². The number of aromatic nitrogens is 1. The smallest absolute Gasteiger partial charge is 0.272 e. The Bertz CT molecular complexity index is 565. The van der Waals surface area contributed by atoms with Gasteiger partial charge >= 0.3 is 0 Å². The van der Waals surface area contributed by atoms with E-state index in [1.54, 1.807) is 6.07 Å². The van der Waals surface area contributed by atoms with Gasteiger partial charge in [0.05, 0.1) is 5.60 Å². The lowest BCUT2D eigenvalue weighted by Crippen LogP contribution is -2.53. The molecule has 2 saturated heterocycles. The first kappa shape index (κ1) is 16.4. The number of nitrogens with zero attached hydrogens (tertiary/aromatic N) is 3. The molecule has 0 bridgehead atoms. The normalized spacial score (nSPS) is 24.2. The van der Waals surface area contributed by atoms with Gasteiger partial charge in [-0.3, -0.25) is 4.79 Å². The van der Waals surface area contributed by atoms with Crippen molar-refractivity contribution >= 4 is 5.91 Å². The number of rotatable bonds is 2. The molecule has 1 aromatic heterocycles. The molecule has 3 heterocycles. The Morgan fingerprint density at radius 2 is 2.09 bits per heavy atom. The molecule has 23 heavy (non-hydrogen) atoms. The van der Waals surface area contributed by atoms with Crippen LogP contribution in [-0.2, 0) is 4.74 Å². The molecule has 0 saturated carbocycles. The summed E-state index contributed by atoms with van der Waals surface area (Å²) in [4.78, 5) is 21.2. The SMILES string of the molecule is Cc1cccc(C(=O)N2CCC3(CC2)C[C@H](N(C)C)CCO3)n1. The van der Waals surface area contributed by atoms with Crippen LogP contribution in [0, 0.1) is 6.92 Å². The minimum absolute atomic E-state index is 0.0377. The average Bonchev–Trinajstić information content (AvgIpc) is 2.55.